The molecule has 1 heterocycles. The summed E-state index contributed by atoms with van der Waals surface area (Å²) in [6.45, 7) is 0. The predicted molar refractivity (Wildman–Crippen MR) is 32.3 cm³/mol. The van der Waals surface area contributed by atoms with Crippen LogP contribution in [0.2, 0.25) is 0 Å². The lowest BCUT2D eigenvalue weighted by atomic mass is 10.2. The average Bonchev–Trinajstić information content (AvgIpc) is 2.34. The van der Waals surface area contributed by atoms with Crippen LogP contribution in [-0.2, 0) is 14.3 Å². The summed E-state index contributed by atoms with van der Waals surface area (Å²) >= 11 is 0. The zero-order chi connectivity index (χ0) is 8.93. The van der Waals surface area contributed by atoms with Crippen LogP contribution >= 0.6 is 0 Å². The molecule has 5 heteroatoms. The Labute approximate surface area is 66.0 Å². The van der Waals surface area contributed by atoms with E-state index in [1.807, 2.05) is 0 Å². The molecule has 0 aromatic rings. The van der Waals surface area contributed by atoms with E-state index < -0.39 is 30.7 Å². The third kappa shape index (κ3) is 0.855. The summed E-state index contributed by atoms with van der Waals surface area (Å²) in [5, 5.41) is 0. The molecule has 0 bridgehead atoms. The minimum atomic E-state index is -2.94. The largest absolute Gasteiger partial charge is 0.386 e. The molecule has 0 saturated carbocycles. The zero-order valence-corrected chi connectivity index (χ0v) is 5.89. The van der Waals surface area contributed by atoms with E-state index in [2.05, 4.69) is 4.74 Å². The van der Waals surface area contributed by atoms with Gasteiger partial charge in [-0.15, -0.1) is 0 Å². The van der Waals surface area contributed by atoms with Crippen LogP contribution in [0.15, 0.2) is 11.1 Å². The minimum Gasteiger partial charge on any atom is -0.386 e. The second-order valence-electron chi connectivity index (χ2n) is 2.84. The van der Waals surface area contributed by atoms with Gasteiger partial charge in [-0.3, -0.25) is 0 Å². The van der Waals surface area contributed by atoms with Gasteiger partial charge in [-0.2, -0.15) is 0 Å². The number of hydrogen-bond acceptors (Lipinski definition) is 3. The van der Waals surface area contributed by atoms with Crippen molar-refractivity contribution >= 4 is 11.9 Å². The fraction of sp³-hybridized carbons (Fsp3) is 0.429. The molecule has 0 spiro atoms. The van der Waals surface area contributed by atoms with E-state index in [0.717, 1.165) is 0 Å². The molecule has 1 aliphatic heterocycles. The molecule has 64 valence electrons. The number of cyclic esters (lactones) is 2. The summed E-state index contributed by atoms with van der Waals surface area (Å²) < 4.78 is 29.4. The van der Waals surface area contributed by atoms with Crippen molar-refractivity contribution < 1.29 is 23.1 Å². The third-order valence-electron chi connectivity index (χ3n) is 1.91. The summed E-state index contributed by atoms with van der Waals surface area (Å²) in [4.78, 5) is 21.4. The molecule has 0 atom stereocenters. The molecule has 3 nitrogen and oxygen atoms in total. The van der Waals surface area contributed by atoms with E-state index in [1.54, 1.807) is 0 Å². The molecular formula is C7H4F2O3. The molecule has 0 N–H and O–H groups in total. The minimum absolute atomic E-state index is 0.148. The molecule has 2 aliphatic rings. The van der Waals surface area contributed by atoms with Gasteiger partial charge in [0.2, 0.25) is 0 Å². The molecule has 0 aromatic carbocycles. The lowest BCUT2D eigenvalue weighted by Crippen LogP contribution is -2.17. The summed E-state index contributed by atoms with van der Waals surface area (Å²) in [5.41, 5.74) is -0.296. The van der Waals surface area contributed by atoms with Crippen molar-refractivity contribution in [2.24, 2.45) is 0 Å². The first kappa shape index (κ1) is 7.39. The summed E-state index contributed by atoms with van der Waals surface area (Å²) in [5.74, 6) is -4.76. The van der Waals surface area contributed by atoms with Crippen LogP contribution in [0.1, 0.15) is 12.8 Å². The Morgan fingerprint density at radius 2 is 1.50 bits per heavy atom. The van der Waals surface area contributed by atoms with Crippen LogP contribution in [0.25, 0.3) is 0 Å². The van der Waals surface area contributed by atoms with Gasteiger partial charge in [0.1, 0.15) is 0 Å². The number of carbonyl (C=O) groups is 2. The Morgan fingerprint density at radius 1 is 1.08 bits per heavy atom. The van der Waals surface area contributed by atoms with E-state index in [4.69, 9.17) is 0 Å². The molecule has 0 fully saturated rings. The smallest absolute Gasteiger partial charge is 0.342 e. The van der Waals surface area contributed by atoms with Gasteiger partial charge in [0.05, 0.1) is 11.1 Å². The first-order valence-corrected chi connectivity index (χ1v) is 3.36. The van der Waals surface area contributed by atoms with Gasteiger partial charge < -0.3 is 4.74 Å². The fourth-order valence-electron chi connectivity index (χ4n) is 1.39. The monoisotopic (exact) mass is 174 g/mol. The Balaban J connectivity index is 2.37. The highest BCUT2D eigenvalue weighted by Crippen LogP contribution is 2.42. The average molecular weight is 174 g/mol. The topological polar surface area (TPSA) is 43.4 Å². The summed E-state index contributed by atoms with van der Waals surface area (Å²) in [6, 6.07) is 0. The van der Waals surface area contributed by atoms with E-state index in [-0.39, 0.29) is 11.1 Å². The molecule has 0 aromatic heterocycles. The lowest BCUT2D eigenvalue weighted by Gasteiger charge is -2.08. The highest BCUT2D eigenvalue weighted by atomic mass is 19.3. The van der Waals surface area contributed by atoms with E-state index in [9.17, 15) is 18.4 Å². The normalized spacial score (nSPS) is 26.2. The standard InChI is InChI=1S/C7H4F2O3/c8-7(9)1-3-4(2-7)6(11)12-5(3)10/h1-2H2. The Kier molecular flexibility index (Phi) is 1.18. The number of carbonyl (C=O) groups excluding carboxylic acids is 2. The molecule has 2 rings (SSSR count). The van der Waals surface area contributed by atoms with Crippen molar-refractivity contribution in [2.45, 2.75) is 18.8 Å². The van der Waals surface area contributed by atoms with Crippen molar-refractivity contribution in [2.75, 3.05) is 0 Å². The Morgan fingerprint density at radius 3 is 1.92 bits per heavy atom. The quantitative estimate of drug-likeness (QED) is 0.403. The van der Waals surface area contributed by atoms with Crippen molar-refractivity contribution in [3.05, 3.63) is 11.1 Å². The molecule has 0 amide bonds. The van der Waals surface area contributed by atoms with Crippen molar-refractivity contribution in [1.82, 2.24) is 0 Å². The van der Waals surface area contributed by atoms with Crippen molar-refractivity contribution in [3.8, 4) is 0 Å². The highest BCUT2D eigenvalue weighted by molar-refractivity contribution is 6.13. The molecule has 0 unspecified atom stereocenters. The van der Waals surface area contributed by atoms with Crippen molar-refractivity contribution in [3.63, 3.8) is 0 Å². The lowest BCUT2D eigenvalue weighted by molar-refractivity contribution is -0.152. The van der Waals surface area contributed by atoms with Gasteiger partial charge in [-0.25, -0.2) is 18.4 Å². The number of rotatable bonds is 0. The van der Waals surface area contributed by atoms with E-state index in [1.165, 1.54) is 0 Å². The van der Waals surface area contributed by atoms with Crippen LogP contribution < -0.4 is 0 Å². The Bertz CT molecular complexity index is 289. The maximum Gasteiger partial charge on any atom is 0.342 e. The van der Waals surface area contributed by atoms with E-state index >= 15 is 0 Å². The van der Waals surface area contributed by atoms with Crippen LogP contribution in [0.3, 0.4) is 0 Å². The predicted octanol–water partition coefficient (Wildman–Crippen LogP) is 0.795. The first-order chi connectivity index (χ1) is 5.49. The molecule has 0 radical (unpaired) electrons. The van der Waals surface area contributed by atoms with Gasteiger partial charge in [0.15, 0.2) is 0 Å². The van der Waals surface area contributed by atoms with Gasteiger partial charge in [0.25, 0.3) is 5.92 Å². The fourth-order valence-corrected chi connectivity index (χ4v) is 1.39. The number of alkyl halides is 2. The van der Waals surface area contributed by atoms with Crippen LogP contribution in [0, 0.1) is 0 Å². The third-order valence-corrected chi connectivity index (χ3v) is 1.91. The number of halogens is 2. The van der Waals surface area contributed by atoms with Gasteiger partial charge in [0, 0.05) is 12.8 Å². The number of esters is 2. The maximum absolute atomic E-state index is 12.6. The molecule has 1 aliphatic carbocycles. The SMILES string of the molecule is O=C1OC(=O)C2=C1CC(F)(F)C2. The first-order valence-electron chi connectivity index (χ1n) is 3.36. The number of ether oxygens (including phenoxy) is 1. The second kappa shape index (κ2) is 1.91. The van der Waals surface area contributed by atoms with Gasteiger partial charge >= 0.3 is 11.9 Å². The molecular weight excluding hydrogens is 170 g/mol. The highest BCUT2D eigenvalue weighted by Gasteiger charge is 2.49. The second-order valence-corrected chi connectivity index (χ2v) is 2.84. The zero-order valence-electron chi connectivity index (χ0n) is 5.89. The van der Waals surface area contributed by atoms with Gasteiger partial charge in [-0.05, 0) is 0 Å². The maximum atomic E-state index is 12.6. The van der Waals surface area contributed by atoms with Crippen molar-refractivity contribution in [1.29, 1.82) is 0 Å². The van der Waals surface area contributed by atoms with Crippen LogP contribution in [0.5, 0.6) is 0 Å². The van der Waals surface area contributed by atoms with Crippen LogP contribution in [0.4, 0.5) is 8.78 Å². The number of hydrogen-bond donors (Lipinski definition) is 0. The summed E-state index contributed by atoms with van der Waals surface area (Å²) in [7, 11) is 0. The molecule has 0 saturated heterocycles. The van der Waals surface area contributed by atoms with Gasteiger partial charge in [-0.1, -0.05) is 0 Å². The van der Waals surface area contributed by atoms with E-state index in [0.29, 0.717) is 0 Å². The summed E-state index contributed by atoms with van der Waals surface area (Å²) in [6.07, 6.45) is -1.32. The Hall–Kier alpha value is -1.26. The molecule has 12 heavy (non-hydrogen) atoms. The van der Waals surface area contributed by atoms with Crippen LogP contribution in [-0.4, -0.2) is 17.9 Å².